The summed E-state index contributed by atoms with van der Waals surface area (Å²) in [4.78, 5) is 14.6. The van der Waals surface area contributed by atoms with Gasteiger partial charge in [-0.1, -0.05) is 26.0 Å². The van der Waals surface area contributed by atoms with Crippen LogP contribution in [0.15, 0.2) is 54.7 Å². The van der Waals surface area contributed by atoms with Crippen LogP contribution in [-0.2, 0) is 6.54 Å². The van der Waals surface area contributed by atoms with Crippen LogP contribution in [0.4, 0.5) is 17.3 Å². The Bertz CT molecular complexity index is 1190. The van der Waals surface area contributed by atoms with E-state index in [-0.39, 0.29) is 0 Å². The second-order valence-corrected chi connectivity index (χ2v) is 11.7. The number of piperidine rings is 1. The fourth-order valence-corrected chi connectivity index (χ4v) is 6.67. The Morgan fingerprint density at radius 1 is 0.974 bits per heavy atom. The molecular formula is C31H43N6OP. The van der Waals surface area contributed by atoms with E-state index in [0.29, 0.717) is 18.6 Å². The third-order valence-corrected chi connectivity index (χ3v) is 8.74. The highest BCUT2D eigenvalue weighted by Crippen LogP contribution is 2.31. The van der Waals surface area contributed by atoms with Gasteiger partial charge >= 0.3 is 0 Å². The van der Waals surface area contributed by atoms with E-state index in [1.165, 1.54) is 36.4 Å². The third-order valence-electron chi connectivity index (χ3n) is 7.58. The van der Waals surface area contributed by atoms with Gasteiger partial charge in [0.2, 0.25) is 5.95 Å². The topological polar surface area (TPSA) is 65.6 Å². The summed E-state index contributed by atoms with van der Waals surface area (Å²) in [6.45, 7) is 11.3. The van der Waals surface area contributed by atoms with Gasteiger partial charge in [-0.05, 0) is 93.2 Å². The fourth-order valence-electron chi connectivity index (χ4n) is 5.56. The first kappa shape index (κ1) is 27.8. The number of anilines is 3. The van der Waals surface area contributed by atoms with Crippen molar-refractivity contribution in [3.8, 4) is 17.0 Å². The van der Waals surface area contributed by atoms with E-state index in [2.05, 4.69) is 55.7 Å². The lowest BCUT2D eigenvalue weighted by Gasteiger charge is -2.35. The number of hydrogen-bond acceptors (Lipinski definition) is 7. The molecule has 0 atom stereocenters. The molecule has 2 aromatic carbocycles. The summed E-state index contributed by atoms with van der Waals surface area (Å²) in [6.07, 6.45) is 7.83. The zero-order valence-corrected chi connectivity index (χ0v) is 24.5. The molecular weight excluding hydrogens is 503 g/mol. The highest BCUT2D eigenvalue weighted by Gasteiger charge is 2.22. The Morgan fingerprint density at radius 2 is 1.82 bits per heavy atom. The molecule has 7 nitrogen and oxygen atoms in total. The molecule has 7 rings (SSSR count). The molecule has 39 heavy (non-hydrogen) atoms. The van der Waals surface area contributed by atoms with Crippen LogP contribution in [0.5, 0.6) is 5.75 Å². The number of hydrogen-bond donors (Lipinski definition) is 2. The van der Waals surface area contributed by atoms with Gasteiger partial charge in [0.25, 0.3) is 0 Å². The smallest absolute Gasteiger partial charge is 0.227 e. The van der Waals surface area contributed by atoms with Gasteiger partial charge in [-0.3, -0.25) is 4.90 Å². The Labute approximate surface area is 235 Å². The summed E-state index contributed by atoms with van der Waals surface area (Å²) in [6, 6.07) is 17.6. The molecule has 2 saturated heterocycles. The van der Waals surface area contributed by atoms with Gasteiger partial charge in [0.1, 0.15) is 5.75 Å². The molecule has 8 heteroatoms. The summed E-state index contributed by atoms with van der Waals surface area (Å²) < 4.78 is 6.06. The lowest BCUT2D eigenvalue weighted by Crippen LogP contribution is -2.42. The van der Waals surface area contributed by atoms with Gasteiger partial charge in [0.05, 0.1) is 12.3 Å². The van der Waals surface area contributed by atoms with Crippen molar-refractivity contribution in [3.63, 3.8) is 0 Å². The average molecular weight is 547 g/mol. The van der Waals surface area contributed by atoms with Crippen molar-refractivity contribution in [1.29, 1.82) is 0 Å². The molecule has 5 heterocycles. The largest absolute Gasteiger partial charge is 0.494 e. The van der Waals surface area contributed by atoms with Gasteiger partial charge in [0.15, 0.2) is 0 Å². The highest BCUT2D eigenvalue weighted by atomic mass is 31.1. The Hall–Kier alpha value is -2.73. The number of ether oxygens (including phenoxy) is 1. The number of fused-ring (bicyclic) bond motifs is 6. The van der Waals surface area contributed by atoms with Crippen LogP contribution >= 0.6 is 8.58 Å². The molecule has 0 radical (unpaired) electrons. The van der Waals surface area contributed by atoms with E-state index in [1.807, 2.05) is 38.2 Å². The molecule has 0 amide bonds. The van der Waals surface area contributed by atoms with Crippen LogP contribution in [0.1, 0.15) is 38.7 Å². The normalized spacial score (nSPS) is 21.5. The predicted molar refractivity (Wildman–Crippen MR) is 165 cm³/mol. The van der Waals surface area contributed by atoms with E-state index in [9.17, 15) is 0 Å². The monoisotopic (exact) mass is 546 g/mol. The van der Waals surface area contributed by atoms with Crippen molar-refractivity contribution in [1.82, 2.24) is 20.2 Å². The minimum Gasteiger partial charge on any atom is -0.494 e. The highest BCUT2D eigenvalue weighted by molar-refractivity contribution is 7.38. The van der Waals surface area contributed by atoms with E-state index >= 15 is 0 Å². The first-order valence-electron chi connectivity index (χ1n) is 14.7. The molecule has 8 bridgehead atoms. The molecule has 0 spiro atoms. The maximum Gasteiger partial charge on any atom is 0.227 e. The van der Waals surface area contributed by atoms with Crippen molar-refractivity contribution in [3.05, 3.63) is 60.3 Å². The van der Waals surface area contributed by atoms with E-state index < -0.39 is 0 Å². The van der Waals surface area contributed by atoms with Crippen LogP contribution in [0, 0.1) is 0 Å². The number of rotatable bonds is 1. The molecule has 0 saturated carbocycles. The van der Waals surface area contributed by atoms with Crippen LogP contribution in [-0.4, -0.2) is 72.6 Å². The Balaban J connectivity index is 0.00000151. The minimum absolute atomic E-state index is 0.600. The van der Waals surface area contributed by atoms with Gasteiger partial charge in [0, 0.05) is 48.8 Å². The Kier molecular flexibility index (Phi) is 10.0. The average Bonchev–Trinajstić information content (AvgIpc) is 2.99. The first-order valence-corrected chi connectivity index (χ1v) is 16.1. The molecule has 2 N–H and O–H groups in total. The summed E-state index contributed by atoms with van der Waals surface area (Å²) in [7, 11) is 1.10. The number of nitrogens with zero attached hydrogens (tertiary/aromatic N) is 4. The number of benzene rings is 2. The van der Waals surface area contributed by atoms with Gasteiger partial charge in [-0.15, -0.1) is 8.58 Å². The summed E-state index contributed by atoms with van der Waals surface area (Å²) in [5.74, 6) is 1.50. The van der Waals surface area contributed by atoms with Crippen molar-refractivity contribution in [2.45, 2.75) is 45.7 Å². The Morgan fingerprint density at radius 3 is 2.67 bits per heavy atom. The third kappa shape index (κ3) is 7.47. The van der Waals surface area contributed by atoms with Crippen LogP contribution in [0.2, 0.25) is 0 Å². The van der Waals surface area contributed by atoms with Crippen LogP contribution in [0.3, 0.4) is 0 Å². The zero-order valence-electron chi connectivity index (χ0n) is 23.5. The van der Waals surface area contributed by atoms with Gasteiger partial charge < -0.3 is 20.3 Å². The molecule has 0 unspecified atom stereocenters. The molecule has 4 aliphatic rings. The van der Waals surface area contributed by atoms with Gasteiger partial charge in [-0.25, -0.2) is 9.97 Å². The molecule has 0 aliphatic carbocycles. The predicted octanol–water partition coefficient (Wildman–Crippen LogP) is 5.75. The molecule has 2 fully saturated rings. The van der Waals surface area contributed by atoms with Gasteiger partial charge in [-0.2, -0.15) is 0 Å². The van der Waals surface area contributed by atoms with Crippen molar-refractivity contribution < 1.29 is 4.74 Å². The standard InChI is InChI=1S/C29H37N6OP.C2H6/c1-3-22-20-26(4-1)36-16-2-10-30-24-8-12-34(13-9-24)21-23-19-25(32-29-31-11-7-27(22)33-29)5-6-28(23)35-14-17-37-18-15-35;1-2/h1,3-7,11,19-20,24,30,37H,2,8-10,12-18,21H2,(H,31,32,33);1-2H3. The molecule has 208 valence electrons. The fraction of sp³-hybridized carbons (Fsp3) is 0.484. The minimum atomic E-state index is 0.600. The van der Waals surface area contributed by atoms with Crippen molar-refractivity contribution >= 4 is 25.9 Å². The second kappa shape index (κ2) is 14.1. The first-order chi connectivity index (χ1) is 19.3. The van der Waals surface area contributed by atoms with E-state index in [4.69, 9.17) is 9.72 Å². The van der Waals surface area contributed by atoms with E-state index in [1.54, 1.807) is 0 Å². The quantitative estimate of drug-likeness (QED) is 0.377. The lowest BCUT2D eigenvalue weighted by atomic mass is 10.0. The lowest BCUT2D eigenvalue weighted by molar-refractivity contribution is 0.189. The maximum absolute atomic E-state index is 6.06. The van der Waals surface area contributed by atoms with Crippen LogP contribution < -0.4 is 20.3 Å². The van der Waals surface area contributed by atoms with Crippen molar-refractivity contribution in [2.24, 2.45) is 0 Å². The maximum atomic E-state index is 6.06. The van der Waals surface area contributed by atoms with Crippen LogP contribution in [0.25, 0.3) is 11.3 Å². The second-order valence-electron chi connectivity index (χ2n) is 10.2. The molecule has 3 aromatic rings. The number of aromatic nitrogens is 2. The summed E-state index contributed by atoms with van der Waals surface area (Å²) in [5.41, 5.74) is 5.75. The molecule has 4 aliphatic heterocycles. The van der Waals surface area contributed by atoms with Crippen molar-refractivity contribution in [2.75, 3.05) is 61.9 Å². The number of nitrogens with one attached hydrogen (secondary N) is 2. The van der Waals surface area contributed by atoms with E-state index in [0.717, 1.165) is 77.0 Å². The zero-order chi connectivity index (χ0) is 26.9. The summed E-state index contributed by atoms with van der Waals surface area (Å²) in [5, 5.41) is 7.26. The molecule has 1 aromatic heterocycles. The summed E-state index contributed by atoms with van der Waals surface area (Å²) >= 11 is 0. The SMILES string of the molecule is CC.c1cc2cc(c1)-c1ccnc(n1)Nc1ccc(N3CCPCC3)c(c1)CN1CCC(CC1)NCCCO2.